The lowest BCUT2D eigenvalue weighted by atomic mass is 10.3. The van der Waals surface area contributed by atoms with Gasteiger partial charge in [-0.1, -0.05) is 0 Å². The van der Waals surface area contributed by atoms with Gasteiger partial charge in [-0.15, -0.1) is 11.6 Å². The summed E-state index contributed by atoms with van der Waals surface area (Å²) >= 11 is 5.18. The summed E-state index contributed by atoms with van der Waals surface area (Å²) in [5, 5.41) is 0. The lowest BCUT2D eigenvalue weighted by Crippen LogP contribution is -2.14. The van der Waals surface area contributed by atoms with Crippen molar-refractivity contribution in [1.29, 1.82) is 0 Å². The predicted octanol–water partition coefficient (Wildman–Crippen LogP) is 0.374. The number of ether oxygens (including phenoxy) is 2. The molecule has 5 heteroatoms. The van der Waals surface area contributed by atoms with Gasteiger partial charge < -0.3 is 9.47 Å². The monoisotopic (exact) mass is 194 g/mol. The summed E-state index contributed by atoms with van der Waals surface area (Å²) in [5.41, 5.74) is 0. The van der Waals surface area contributed by atoms with Crippen molar-refractivity contribution in [2.75, 3.05) is 26.2 Å². The van der Waals surface area contributed by atoms with Gasteiger partial charge in [-0.3, -0.25) is 9.59 Å². The summed E-state index contributed by atoms with van der Waals surface area (Å²) < 4.78 is 9.25. The Labute approximate surface area is 75.8 Å². The van der Waals surface area contributed by atoms with Crippen molar-refractivity contribution in [3.8, 4) is 0 Å². The fourth-order valence-electron chi connectivity index (χ4n) is 0.498. The second-order valence-corrected chi connectivity index (χ2v) is 2.33. The van der Waals surface area contributed by atoms with Gasteiger partial charge in [-0.2, -0.15) is 0 Å². The zero-order valence-electron chi connectivity index (χ0n) is 6.84. The average Bonchev–Trinajstić information content (AvgIpc) is 2.05. The third-order valence-corrected chi connectivity index (χ3v) is 1.34. The van der Waals surface area contributed by atoms with Crippen LogP contribution in [0.2, 0.25) is 0 Å². The maximum absolute atomic E-state index is 10.7. The van der Waals surface area contributed by atoms with Gasteiger partial charge in [0.2, 0.25) is 0 Å². The van der Waals surface area contributed by atoms with E-state index in [1.807, 2.05) is 0 Å². The molecule has 0 fully saturated rings. The summed E-state index contributed by atoms with van der Waals surface area (Å²) in [6.45, 7) is 0.506. The number of hydrogen-bond acceptors (Lipinski definition) is 4. The topological polar surface area (TPSA) is 52.6 Å². The van der Waals surface area contributed by atoms with Crippen molar-refractivity contribution >= 4 is 23.4 Å². The number of carbonyl (C=O) groups is 2. The highest BCUT2D eigenvalue weighted by atomic mass is 35.5. The second-order valence-electron chi connectivity index (χ2n) is 2.06. The maximum atomic E-state index is 10.7. The molecule has 0 aliphatic carbocycles. The van der Waals surface area contributed by atoms with Crippen LogP contribution in [0.25, 0.3) is 0 Å². The molecule has 4 nitrogen and oxygen atoms in total. The summed E-state index contributed by atoms with van der Waals surface area (Å²) in [5.74, 6) is -1.05. The van der Waals surface area contributed by atoms with Crippen LogP contribution in [0.1, 0.15) is 6.42 Å². The minimum atomic E-state index is -0.558. The molecule has 0 N–H and O–H groups in total. The van der Waals surface area contributed by atoms with Crippen molar-refractivity contribution < 1.29 is 19.1 Å². The van der Waals surface area contributed by atoms with Crippen molar-refractivity contribution in [2.45, 2.75) is 6.42 Å². The van der Waals surface area contributed by atoms with Crippen LogP contribution < -0.4 is 0 Å². The minimum Gasteiger partial charge on any atom is -0.463 e. The number of carbonyl (C=O) groups excluding carboxylic acids is 2. The zero-order chi connectivity index (χ0) is 9.40. The fourth-order valence-corrected chi connectivity index (χ4v) is 0.593. The molecule has 0 unspecified atom stereocenters. The Morgan fingerprint density at radius 2 is 2.00 bits per heavy atom. The third kappa shape index (κ3) is 6.12. The number of ketones is 1. The smallest absolute Gasteiger partial charge is 0.313 e. The van der Waals surface area contributed by atoms with Crippen LogP contribution in [-0.4, -0.2) is 38.0 Å². The molecule has 0 heterocycles. The van der Waals surface area contributed by atoms with Crippen LogP contribution in [-0.2, 0) is 19.1 Å². The van der Waals surface area contributed by atoms with Crippen LogP contribution in [0.15, 0.2) is 0 Å². The van der Waals surface area contributed by atoms with Crippen molar-refractivity contribution in [3.05, 3.63) is 0 Å². The molecule has 0 aromatic rings. The molecule has 0 aliphatic heterocycles. The molecule has 0 bridgehead atoms. The van der Waals surface area contributed by atoms with E-state index < -0.39 is 5.97 Å². The first-order valence-electron chi connectivity index (χ1n) is 3.43. The van der Waals surface area contributed by atoms with Gasteiger partial charge in [0.25, 0.3) is 0 Å². The Morgan fingerprint density at radius 1 is 1.33 bits per heavy atom. The van der Waals surface area contributed by atoms with E-state index in [2.05, 4.69) is 9.47 Å². The number of methoxy groups -OCH3 is 1. The molecule has 0 saturated carbocycles. The Morgan fingerprint density at radius 3 is 2.50 bits per heavy atom. The van der Waals surface area contributed by atoms with E-state index in [0.717, 1.165) is 0 Å². The van der Waals surface area contributed by atoms with Gasteiger partial charge in [0.15, 0.2) is 5.78 Å². The van der Waals surface area contributed by atoms with E-state index in [9.17, 15) is 9.59 Å². The van der Waals surface area contributed by atoms with E-state index in [1.165, 1.54) is 7.11 Å². The highest BCUT2D eigenvalue weighted by Gasteiger charge is 2.08. The Hall–Kier alpha value is -0.610. The van der Waals surface area contributed by atoms with E-state index >= 15 is 0 Å². The molecule has 0 rings (SSSR count). The van der Waals surface area contributed by atoms with Crippen molar-refractivity contribution in [2.24, 2.45) is 0 Å². The number of halogens is 1. The first-order chi connectivity index (χ1) is 5.70. The highest BCUT2D eigenvalue weighted by Crippen LogP contribution is 1.90. The average molecular weight is 195 g/mol. The van der Waals surface area contributed by atoms with Gasteiger partial charge >= 0.3 is 5.97 Å². The number of Topliss-reactive ketones (excluding diaryl/α,β-unsaturated/α-hetero) is 1. The number of rotatable bonds is 6. The molecule has 0 saturated heterocycles. The molecule has 0 atom stereocenters. The van der Waals surface area contributed by atoms with Crippen LogP contribution in [0.5, 0.6) is 0 Å². The van der Waals surface area contributed by atoms with Gasteiger partial charge in [-0.25, -0.2) is 0 Å². The standard InChI is InChI=1S/C7H11ClO4/c1-11-2-3-12-7(10)4-6(9)5-8/h2-5H2,1H3. The van der Waals surface area contributed by atoms with E-state index in [1.54, 1.807) is 0 Å². The summed E-state index contributed by atoms with van der Waals surface area (Å²) in [7, 11) is 1.50. The maximum Gasteiger partial charge on any atom is 0.313 e. The first kappa shape index (κ1) is 11.4. The van der Waals surface area contributed by atoms with Crippen molar-refractivity contribution in [3.63, 3.8) is 0 Å². The van der Waals surface area contributed by atoms with Crippen LogP contribution in [0.3, 0.4) is 0 Å². The number of hydrogen-bond donors (Lipinski definition) is 0. The molecule has 0 aromatic carbocycles. The first-order valence-corrected chi connectivity index (χ1v) is 3.96. The number of alkyl halides is 1. The summed E-state index contributed by atoms with van der Waals surface area (Å²) in [4.78, 5) is 21.3. The quantitative estimate of drug-likeness (QED) is 0.265. The van der Waals surface area contributed by atoms with Crippen LogP contribution in [0, 0.1) is 0 Å². The largest absolute Gasteiger partial charge is 0.463 e. The molecular formula is C7H11ClO4. The predicted molar refractivity (Wildman–Crippen MR) is 43.2 cm³/mol. The molecule has 0 spiro atoms. The Kier molecular flexibility index (Phi) is 6.70. The Bertz CT molecular complexity index is 157. The molecule has 0 aliphatic rings. The normalized spacial score (nSPS) is 9.50. The van der Waals surface area contributed by atoms with Crippen molar-refractivity contribution in [1.82, 2.24) is 0 Å². The molecule has 12 heavy (non-hydrogen) atoms. The lowest BCUT2D eigenvalue weighted by Gasteiger charge is -2.01. The van der Waals surface area contributed by atoms with Gasteiger partial charge in [0.1, 0.15) is 13.0 Å². The zero-order valence-corrected chi connectivity index (χ0v) is 7.60. The number of esters is 1. The van der Waals surface area contributed by atoms with E-state index in [-0.39, 0.29) is 24.7 Å². The molecule has 0 radical (unpaired) electrons. The third-order valence-electron chi connectivity index (χ3n) is 1.04. The molecule has 0 amide bonds. The van der Waals surface area contributed by atoms with Crippen LogP contribution >= 0.6 is 11.6 Å². The van der Waals surface area contributed by atoms with Gasteiger partial charge in [0.05, 0.1) is 12.5 Å². The second kappa shape index (κ2) is 7.06. The van der Waals surface area contributed by atoms with E-state index in [4.69, 9.17) is 11.6 Å². The fraction of sp³-hybridized carbons (Fsp3) is 0.714. The van der Waals surface area contributed by atoms with Gasteiger partial charge in [-0.05, 0) is 0 Å². The van der Waals surface area contributed by atoms with Gasteiger partial charge in [0, 0.05) is 7.11 Å². The van der Waals surface area contributed by atoms with Crippen LogP contribution in [0.4, 0.5) is 0 Å². The van der Waals surface area contributed by atoms with E-state index in [0.29, 0.717) is 6.61 Å². The molecule has 0 aromatic heterocycles. The molecular weight excluding hydrogens is 184 g/mol. The highest BCUT2D eigenvalue weighted by molar-refractivity contribution is 6.28. The summed E-state index contributed by atoms with van der Waals surface area (Å²) in [6.07, 6.45) is -0.257. The summed E-state index contributed by atoms with van der Waals surface area (Å²) in [6, 6.07) is 0. The lowest BCUT2D eigenvalue weighted by molar-refractivity contribution is -0.146. The minimum absolute atomic E-state index is 0.153. The SMILES string of the molecule is COCCOC(=O)CC(=O)CCl. The Balaban J connectivity index is 3.40. The molecule has 70 valence electrons.